The highest BCUT2D eigenvalue weighted by molar-refractivity contribution is 5.91. The highest BCUT2D eigenvalue weighted by atomic mass is 19.1. The number of halogens is 1. The molecule has 0 saturated heterocycles. The zero-order valence-corrected chi connectivity index (χ0v) is 13.0. The van der Waals surface area contributed by atoms with E-state index >= 15 is 0 Å². The molecule has 1 amide bonds. The van der Waals surface area contributed by atoms with E-state index in [1.54, 1.807) is 12.1 Å². The van der Waals surface area contributed by atoms with Gasteiger partial charge in [-0.15, -0.1) is 0 Å². The van der Waals surface area contributed by atoms with Crippen molar-refractivity contribution >= 4 is 11.6 Å². The molecule has 1 fully saturated rings. The number of rotatable bonds is 6. The third kappa shape index (κ3) is 5.73. The number of nitrogens with one attached hydrogen (secondary N) is 2. The Morgan fingerprint density at radius 1 is 1.36 bits per heavy atom. The number of benzene rings is 1. The van der Waals surface area contributed by atoms with Crippen molar-refractivity contribution < 1.29 is 14.3 Å². The first-order chi connectivity index (χ1) is 10.5. The molecule has 22 heavy (non-hydrogen) atoms. The van der Waals surface area contributed by atoms with Gasteiger partial charge < -0.3 is 15.7 Å². The lowest BCUT2D eigenvalue weighted by Crippen LogP contribution is -2.36. The Hall–Kier alpha value is -1.46. The molecule has 5 heteroatoms. The van der Waals surface area contributed by atoms with E-state index in [4.69, 9.17) is 0 Å². The highest BCUT2D eigenvalue weighted by Crippen LogP contribution is 2.23. The van der Waals surface area contributed by atoms with Crippen molar-refractivity contribution in [1.82, 2.24) is 5.32 Å². The average Bonchev–Trinajstić information content (AvgIpc) is 2.47. The molecule has 1 aliphatic carbocycles. The molecule has 1 aromatic rings. The summed E-state index contributed by atoms with van der Waals surface area (Å²) >= 11 is 0. The summed E-state index contributed by atoms with van der Waals surface area (Å²) in [6.07, 6.45) is 4.17. The summed E-state index contributed by atoms with van der Waals surface area (Å²) < 4.78 is 12.8. The molecule has 122 valence electrons. The van der Waals surface area contributed by atoms with Crippen molar-refractivity contribution in [2.75, 3.05) is 11.9 Å². The first kappa shape index (κ1) is 16.9. The van der Waals surface area contributed by atoms with Gasteiger partial charge in [-0.1, -0.05) is 6.42 Å². The van der Waals surface area contributed by atoms with Gasteiger partial charge in [0.1, 0.15) is 5.82 Å². The quantitative estimate of drug-likeness (QED) is 0.757. The molecule has 3 N–H and O–H groups in total. The molecule has 1 saturated carbocycles. The minimum absolute atomic E-state index is 0.0690. The Balaban J connectivity index is 1.68. The molecule has 2 rings (SSSR count). The number of aliphatic hydroxyl groups excluding tert-OH is 1. The fraction of sp³-hybridized carbons (Fsp3) is 0.588. The van der Waals surface area contributed by atoms with Gasteiger partial charge in [-0.05, 0) is 62.9 Å². The smallest absolute Gasteiger partial charge is 0.225 e. The zero-order valence-electron chi connectivity index (χ0n) is 13.0. The van der Waals surface area contributed by atoms with Gasteiger partial charge in [0.15, 0.2) is 0 Å². The summed E-state index contributed by atoms with van der Waals surface area (Å²) in [5.41, 5.74) is 0.606. The van der Waals surface area contributed by atoms with Gasteiger partial charge in [0, 0.05) is 18.2 Å². The lowest BCUT2D eigenvalue weighted by Gasteiger charge is -2.27. The van der Waals surface area contributed by atoms with Crippen LogP contribution in [0.25, 0.3) is 0 Å². The number of aliphatic hydroxyl groups is 1. The van der Waals surface area contributed by atoms with Crippen LogP contribution in [0.2, 0.25) is 0 Å². The molecule has 0 radical (unpaired) electrons. The number of anilines is 1. The molecule has 3 unspecified atom stereocenters. The van der Waals surface area contributed by atoms with Crippen molar-refractivity contribution in [3.8, 4) is 0 Å². The SMILES string of the molecule is CC(CC(=O)Nc1ccc(F)cc1)NCC1CCCC(O)C1. The summed E-state index contributed by atoms with van der Waals surface area (Å²) in [4.78, 5) is 11.9. The van der Waals surface area contributed by atoms with Gasteiger partial charge in [0.25, 0.3) is 0 Å². The largest absolute Gasteiger partial charge is 0.393 e. The number of amides is 1. The summed E-state index contributed by atoms with van der Waals surface area (Å²) in [6, 6.07) is 5.82. The third-order valence-corrected chi connectivity index (χ3v) is 4.13. The lowest BCUT2D eigenvalue weighted by atomic mass is 9.87. The van der Waals surface area contributed by atoms with Crippen molar-refractivity contribution in [3.05, 3.63) is 30.1 Å². The van der Waals surface area contributed by atoms with E-state index in [9.17, 15) is 14.3 Å². The van der Waals surface area contributed by atoms with Gasteiger partial charge in [-0.3, -0.25) is 4.79 Å². The van der Waals surface area contributed by atoms with Gasteiger partial charge in [0.05, 0.1) is 6.10 Å². The van der Waals surface area contributed by atoms with Crippen LogP contribution in [0.1, 0.15) is 39.0 Å². The fourth-order valence-corrected chi connectivity index (χ4v) is 2.91. The zero-order chi connectivity index (χ0) is 15.9. The van der Waals surface area contributed by atoms with Crippen LogP contribution in [0.3, 0.4) is 0 Å². The monoisotopic (exact) mass is 308 g/mol. The van der Waals surface area contributed by atoms with Crippen LogP contribution in [0.4, 0.5) is 10.1 Å². The van der Waals surface area contributed by atoms with Gasteiger partial charge >= 0.3 is 0 Å². The standard InChI is InChI=1S/C17H25FN2O2/c1-12(19-11-13-3-2-4-16(21)10-13)9-17(22)20-15-7-5-14(18)6-8-15/h5-8,12-13,16,19,21H,2-4,9-11H2,1H3,(H,20,22). The van der Waals surface area contributed by atoms with E-state index in [-0.39, 0.29) is 23.9 Å². The first-order valence-electron chi connectivity index (χ1n) is 8.00. The topological polar surface area (TPSA) is 61.4 Å². The molecule has 0 aliphatic heterocycles. The van der Waals surface area contributed by atoms with Crippen molar-refractivity contribution in [3.63, 3.8) is 0 Å². The first-order valence-corrected chi connectivity index (χ1v) is 8.00. The highest BCUT2D eigenvalue weighted by Gasteiger charge is 2.20. The number of hydrogen-bond acceptors (Lipinski definition) is 3. The summed E-state index contributed by atoms with van der Waals surface area (Å²) in [7, 11) is 0. The average molecular weight is 308 g/mol. The summed E-state index contributed by atoms with van der Waals surface area (Å²) in [5.74, 6) is 0.0874. The minimum atomic E-state index is -0.317. The second-order valence-electron chi connectivity index (χ2n) is 6.25. The predicted octanol–water partition coefficient (Wildman–Crippen LogP) is 2.68. The molecule has 1 aromatic carbocycles. The van der Waals surface area contributed by atoms with Crippen LogP contribution >= 0.6 is 0 Å². The number of carbonyl (C=O) groups excluding carboxylic acids is 1. The van der Waals surface area contributed by atoms with Crippen molar-refractivity contribution in [2.24, 2.45) is 5.92 Å². The van der Waals surface area contributed by atoms with E-state index < -0.39 is 0 Å². The molecule has 0 bridgehead atoms. The molecule has 4 nitrogen and oxygen atoms in total. The maximum Gasteiger partial charge on any atom is 0.225 e. The van der Waals surface area contributed by atoms with Crippen LogP contribution in [0, 0.1) is 11.7 Å². The van der Waals surface area contributed by atoms with Gasteiger partial charge in [0.2, 0.25) is 5.91 Å². The van der Waals surface area contributed by atoms with Crippen molar-refractivity contribution in [1.29, 1.82) is 0 Å². The molecular weight excluding hydrogens is 283 g/mol. The van der Waals surface area contributed by atoms with E-state index in [1.165, 1.54) is 12.1 Å². The van der Waals surface area contributed by atoms with Crippen LogP contribution in [-0.4, -0.2) is 29.7 Å². The Kier molecular flexibility index (Phi) is 6.34. The van der Waals surface area contributed by atoms with Crippen LogP contribution in [-0.2, 0) is 4.79 Å². The molecule has 0 spiro atoms. The summed E-state index contributed by atoms with van der Waals surface area (Å²) in [6.45, 7) is 2.81. The van der Waals surface area contributed by atoms with Gasteiger partial charge in [-0.25, -0.2) is 4.39 Å². The molecule has 1 aliphatic rings. The predicted molar refractivity (Wildman–Crippen MR) is 85.1 cm³/mol. The maximum atomic E-state index is 12.8. The Bertz CT molecular complexity index is 478. The minimum Gasteiger partial charge on any atom is -0.393 e. The second-order valence-corrected chi connectivity index (χ2v) is 6.25. The van der Waals surface area contributed by atoms with Gasteiger partial charge in [-0.2, -0.15) is 0 Å². The van der Waals surface area contributed by atoms with Crippen LogP contribution in [0.15, 0.2) is 24.3 Å². The van der Waals surface area contributed by atoms with Crippen LogP contribution in [0.5, 0.6) is 0 Å². The fourth-order valence-electron chi connectivity index (χ4n) is 2.91. The lowest BCUT2D eigenvalue weighted by molar-refractivity contribution is -0.116. The Morgan fingerprint density at radius 3 is 2.77 bits per heavy atom. The van der Waals surface area contributed by atoms with Crippen LogP contribution < -0.4 is 10.6 Å². The van der Waals surface area contributed by atoms with E-state index in [1.807, 2.05) is 6.92 Å². The maximum absolute atomic E-state index is 12.8. The van der Waals surface area contributed by atoms with Crippen molar-refractivity contribution in [2.45, 2.75) is 51.2 Å². The molecular formula is C17H25FN2O2. The third-order valence-electron chi connectivity index (χ3n) is 4.13. The Labute approximate surface area is 131 Å². The molecule has 0 aromatic heterocycles. The van der Waals surface area contributed by atoms with E-state index in [2.05, 4.69) is 10.6 Å². The summed E-state index contributed by atoms with van der Waals surface area (Å²) in [5, 5.41) is 15.8. The molecule has 3 atom stereocenters. The number of hydrogen-bond donors (Lipinski definition) is 3. The second kappa shape index (κ2) is 8.25. The van der Waals surface area contributed by atoms with E-state index in [0.29, 0.717) is 18.0 Å². The Morgan fingerprint density at radius 2 is 2.09 bits per heavy atom. The van der Waals surface area contributed by atoms with E-state index in [0.717, 1.165) is 32.2 Å². The normalized spacial score (nSPS) is 23.0. The number of carbonyl (C=O) groups is 1. The molecule has 0 heterocycles.